The number of aromatic nitrogens is 1. The van der Waals surface area contributed by atoms with Gasteiger partial charge in [0, 0.05) is 22.0 Å². The van der Waals surface area contributed by atoms with Crippen molar-refractivity contribution >= 4 is 33.5 Å². The minimum Gasteiger partial charge on any atom is -0.369 e. The van der Waals surface area contributed by atoms with E-state index in [0.717, 1.165) is 16.8 Å². The molecule has 2 heterocycles. The predicted octanol–water partition coefficient (Wildman–Crippen LogP) is 3.85. The van der Waals surface area contributed by atoms with Crippen LogP contribution in [0.5, 0.6) is 0 Å². The number of halogens is 1. The van der Waals surface area contributed by atoms with E-state index in [1.807, 2.05) is 6.20 Å². The van der Waals surface area contributed by atoms with Crippen molar-refractivity contribution in [2.75, 3.05) is 17.6 Å². The molecule has 1 aromatic rings. The average molecular weight is 301 g/mol. The largest absolute Gasteiger partial charge is 0.369 e. The van der Waals surface area contributed by atoms with Crippen molar-refractivity contribution in [2.45, 2.75) is 31.4 Å². The second-order valence-corrected chi connectivity index (χ2v) is 7.11. The third-order valence-electron chi connectivity index (χ3n) is 2.99. The highest BCUT2D eigenvalue weighted by Crippen LogP contribution is 2.37. The summed E-state index contributed by atoms with van der Waals surface area (Å²) in [6.07, 6.45) is 4.51. The molecule has 0 amide bonds. The summed E-state index contributed by atoms with van der Waals surface area (Å²) in [6, 6.07) is 2.09. The number of nitrogens with one attached hydrogen (secondary N) is 1. The topological polar surface area (TPSA) is 24.9 Å². The lowest BCUT2D eigenvalue weighted by molar-refractivity contribution is 0.633. The number of anilines is 1. The molecule has 1 aliphatic rings. The molecule has 0 saturated carbocycles. The maximum atomic E-state index is 4.36. The Balaban J connectivity index is 1.96. The van der Waals surface area contributed by atoms with Gasteiger partial charge in [-0.25, -0.2) is 4.98 Å². The highest BCUT2D eigenvalue weighted by molar-refractivity contribution is 9.10. The van der Waals surface area contributed by atoms with Gasteiger partial charge in [-0.2, -0.15) is 11.8 Å². The molecule has 1 N–H and O–H groups in total. The lowest BCUT2D eigenvalue weighted by atomic mass is 10.1. The maximum absolute atomic E-state index is 4.36. The van der Waals surface area contributed by atoms with E-state index in [9.17, 15) is 0 Å². The Bertz CT molecular complexity index is 375. The summed E-state index contributed by atoms with van der Waals surface area (Å²) in [5.74, 6) is 2.28. The second kappa shape index (κ2) is 4.96. The molecule has 88 valence electrons. The zero-order chi connectivity index (χ0) is 11.6. The lowest BCUT2D eigenvalue weighted by Crippen LogP contribution is -2.27. The van der Waals surface area contributed by atoms with E-state index in [0.29, 0.717) is 4.75 Å². The fourth-order valence-electron chi connectivity index (χ4n) is 1.89. The van der Waals surface area contributed by atoms with Crippen LogP contribution in [0.4, 0.5) is 5.82 Å². The first-order valence-electron chi connectivity index (χ1n) is 5.59. The molecule has 0 aromatic carbocycles. The van der Waals surface area contributed by atoms with Crippen molar-refractivity contribution in [2.24, 2.45) is 0 Å². The van der Waals surface area contributed by atoms with Crippen LogP contribution in [0.25, 0.3) is 0 Å². The Morgan fingerprint density at radius 1 is 1.62 bits per heavy atom. The smallest absolute Gasteiger partial charge is 0.126 e. The van der Waals surface area contributed by atoms with Gasteiger partial charge in [-0.05, 0) is 60.0 Å². The van der Waals surface area contributed by atoms with Gasteiger partial charge in [0.15, 0.2) is 0 Å². The monoisotopic (exact) mass is 300 g/mol. The summed E-state index contributed by atoms with van der Waals surface area (Å²) in [4.78, 5) is 4.36. The summed E-state index contributed by atoms with van der Waals surface area (Å²) < 4.78 is 1.46. The first kappa shape index (κ1) is 12.2. The Morgan fingerprint density at radius 3 is 3.06 bits per heavy atom. The summed E-state index contributed by atoms with van der Waals surface area (Å²) in [6.45, 7) is 5.43. The number of thioether (sulfide) groups is 1. The molecule has 1 fully saturated rings. The molecule has 16 heavy (non-hydrogen) atoms. The highest BCUT2D eigenvalue weighted by Gasteiger charge is 2.29. The maximum Gasteiger partial charge on any atom is 0.126 e. The van der Waals surface area contributed by atoms with Crippen LogP contribution in [0.1, 0.15) is 25.3 Å². The van der Waals surface area contributed by atoms with Crippen LogP contribution in [0.15, 0.2) is 16.7 Å². The Hall–Kier alpha value is -0.220. The van der Waals surface area contributed by atoms with E-state index >= 15 is 0 Å². The number of rotatable bonds is 3. The fourth-order valence-corrected chi connectivity index (χ4v) is 3.35. The second-order valence-electron chi connectivity index (χ2n) is 4.57. The molecule has 0 bridgehead atoms. The molecule has 4 heteroatoms. The molecule has 0 radical (unpaired) electrons. The van der Waals surface area contributed by atoms with E-state index in [1.165, 1.54) is 24.2 Å². The quantitative estimate of drug-likeness (QED) is 0.918. The molecule has 0 spiro atoms. The minimum absolute atomic E-state index is 0.392. The normalized spacial score (nSPS) is 24.7. The molecular weight excluding hydrogens is 284 g/mol. The van der Waals surface area contributed by atoms with Crippen molar-refractivity contribution in [1.29, 1.82) is 0 Å². The van der Waals surface area contributed by atoms with Gasteiger partial charge in [0.1, 0.15) is 5.82 Å². The van der Waals surface area contributed by atoms with Crippen molar-refractivity contribution < 1.29 is 0 Å². The van der Waals surface area contributed by atoms with Crippen LogP contribution in [0, 0.1) is 6.92 Å². The van der Waals surface area contributed by atoms with Gasteiger partial charge in [0.05, 0.1) is 0 Å². The molecule has 1 saturated heterocycles. The van der Waals surface area contributed by atoms with Crippen molar-refractivity contribution in [3.8, 4) is 0 Å². The molecule has 1 aliphatic heterocycles. The summed E-state index contributed by atoms with van der Waals surface area (Å²) >= 11 is 5.53. The minimum atomic E-state index is 0.392. The van der Waals surface area contributed by atoms with Crippen LogP contribution in [-0.2, 0) is 0 Å². The van der Waals surface area contributed by atoms with Crippen LogP contribution in [0.3, 0.4) is 0 Å². The van der Waals surface area contributed by atoms with E-state index in [2.05, 4.69) is 57.9 Å². The van der Waals surface area contributed by atoms with E-state index in [1.54, 1.807) is 0 Å². The van der Waals surface area contributed by atoms with Crippen LogP contribution < -0.4 is 5.32 Å². The molecule has 0 aliphatic carbocycles. The Kier molecular flexibility index (Phi) is 3.80. The molecule has 2 nitrogen and oxygen atoms in total. The van der Waals surface area contributed by atoms with Gasteiger partial charge in [-0.3, -0.25) is 0 Å². The Morgan fingerprint density at radius 2 is 2.44 bits per heavy atom. The summed E-state index contributed by atoms with van der Waals surface area (Å²) in [5.41, 5.74) is 1.22. The zero-order valence-corrected chi connectivity index (χ0v) is 12.1. The van der Waals surface area contributed by atoms with Gasteiger partial charge in [0.2, 0.25) is 0 Å². The standard InChI is InChI=1S/C12H17BrN2S/c1-9-6-11(14-7-10(9)13)15-8-12(2)4-3-5-16-12/h6-7H,3-5,8H2,1-2H3,(H,14,15). The number of hydrogen-bond donors (Lipinski definition) is 1. The number of nitrogens with zero attached hydrogens (tertiary/aromatic N) is 1. The average Bonchev–Trinajstić information content (AvgIpc) is 2.68. The van der Waals surface area contributed by atoms with Crippen LogP contribution in [0.2, 0.25) is 0 Å². The third-order valence-corrected chi connectivity index (χ3v) is 5.36. The van der Waals surface area contributed by atoms with Gasteiger partial charge < -0.3 is 5.32 Å². The molecular formula is C12H17BrN2S. The van der Waals surface area contributed by atoms with Crippen molar-refractivity contribution in [3.63, 3.8) is 0 Å². The predicted molar refractivity (Wildman–Crippen MR) is 75.3 cm³/mol. The molecule has 1 atom stereocenters. The summed E-state index contributed by atoms with van der Waals surface area (Å²) in [7, 11) is 0. The Labute approximate surface area is 110 Å². The van der Waals surface area contributed by atoms with Crippen molar-refractivity contribution in [1.82, 2.24) is 4.98 Å². The molecule has 1 unspecified atom stereocenters. The summed E-state index contributed by atoms with van der Waals surface area (Å²) in [5, 5.41) is 3.44. The van der Waals surface area contributed by atoms with Crippen LogP contribution >= 0.6 is 27.7 Å². The van der Waals surface area contributed by atoms with Crippen molar-refractivity contribution in [3.05, 3.63) is 22.3 Å². The number of hydrogen-bond acceptors (Lipinski definition) is 3. The van der Waals surface area contributed by atoms with E-state index in [4.69, 9.17) is 0 Å². The fraction of sp³-hybridized carbons (Fsp3) is 0.583. The highest BCUT2D eigenvalue weighted by atomic mass is 79.9. The van der Waals surface area contributed by atoms with E-state index < -0.39 is 0 Å². The molecule has 2 rings (SSSR count). The first-order valence-corrected chi connectivity index (χ1v) is 7.37. The molecule has 1 aromatic heterocycles. The van der Waals surface area contributed by atoms with Crippen LogP contribution in [-0.4, -0.2) is 22.0 Å². The van der Waals surface area contributed by atoms with Gasteiger partial charge in [0.25, 0.3) is 0 Å². The number of pyridine rings is 1. The van der Waals surface area contributed by atoms with Gasteiger partial charge in [-0.1, -0.05) is 0 Å². The van der Waals surface area contributed by atoms with Gasteiger partial charge in [-0.15, -0.1) is 0 Å². The van der Waals surface area contributed by atoms with Gasteiger partial charge >= 0.3 is 0 Å². The number of aryl methyl sites for hydroxylation is 1. The van der Waals surface area contributed by atoms with E-state index in [-0.39, 0.29) is 0 Å². The third kappa shape index (κ3) is 2.92. The first-order chi connectivity index (χ1) is 7.59. The lowest BCUT2D eigenvalue weighted by Gasteiger charge is -2.23. The SMILES string of the molecule is Cc1cc(NCC2(C)CCCS2)ncc1Br. The zero-order valence-electron chi connectivity index (χ0n) is 9.72.